The maximum Gasteiger partial charge on any atom is 0 e. The van der Waals surface area contributed by atoms with Gasteiger partial charge in [0.15, 0.2) is 0 Å². The van der Waals surface area contributed by atoms with Crippen LogP contribution >= 0.6 is 0 Å². The molecule has 0 nitrogen and oxygen atoms in total. The summed E-state index contributed by atoms with van der Waals surface area (Å²) in [7, 11) is 0. The van der Waals surface area contributed by atoms with Crippen molar-refractivity contribution < 1.29 is 65.4 Å². The third kappa shape index (κ3) is 4.62. The third-order valence-electron chi connectivity index (χ3n) is 1.88. The molecule has 1 aromatic rings. The molecule has 0 aliphatic heterocycles. The fourth-order valence-corrected chi connectivity index (χ4v) is 1.17. The van der Waals surface area contributed by atoms with E-state index in [1.807, 2.05) is 12.1 Å². The zero-order valence-corrected chi connectivity index (χ0v) is 14.2. The van der Waals surface area contributed by atoms with Crippen molar-refractivity contribution in [1.29, 1.82) is 0 Å². The van der Waals surface area contributed by atoms with Crippen molar-refractivity contribution in [2.75, 3.05) is 0 Å². The predicted molar refractivity (Wildman–Crippen MR) is 51.8 cm³/mol. The summed E-state index contributed by atoms with van der Waals surface area (Å²) < 4.78 is 0. The SMILES string of the molecule is C=[C-]c1ccc([C-]=C)c(CC)c1.[Y].[Y]. The van der Waals surface area contributed by atoms with Gasteiger partial charge in [-0.15, -0.1) is 0 Å². The summed E-state index contributed by atoms with van der Waals surface area (Å²) in [6.45, 7) is 9.35. The molecule has 0 saturated heterocycles. The largest absolute Gasteiger partial charge is 0.220 e. The Bertz CT molecular complexity index is 303. The minimum absolute atomic E-state index is 0. The first-order valence-corrected chi connectivity index (χ1v) is 4.01. The van der Waals surface area contributed by atoms with E-state index in [1.54, 1.807) is 0 Å². The minimum Gasteiger partial charge on any atom is -0.220 e. The third-order valence-corrected chi connectivity index (χ3v) is 1.88. The van der Waals surface area contributed by atoms with Crippen LogP contribution in [0.1, 0.15) is 23.6 Å². The number of hydrogen-bond donors (Lipinski definition) is 0. The Labute approximate surface area is 137 Å². The molecular formula is C12H12Y2-2. The quantitative estimate of drug-likeness (QED) is 0.746. The van der Waals surface area contributed by atoms with E-state index in [0.29, 0.717) is 0 Å². The monoisotopic (exact) mass is 334 g/mol. The van der Waals surface area contributed by atoms with Crippen molar-refractivity contribution in [3.63, 3.8) is 0 Å². The Hall–Kier alpha value is 0.908. The van der Waals surface area contributed by atoms with Crippen LogP contribution in [0, 0.1) is 12.2 Å². The second-order valence-electron chi connectivity index (χ2n) is 2.58. The van der Waals surface area contributed by atoms with Crippen LogP contribution in [-0.2, 0) is 71.8 Å². The molecule has 0 fully saturated rings. The van der Waals surface area contributed by atoms with Gasteiger partial charge in [-0.25, -0.2) is 34.9 Å². The van der Waals surface area contributed by atoms with Crippen molar-refractivity contribution in [2.24, 2.45) is 0 Å². The van der Waals surface area contributed by atoms with Crippen LogP contribution in [0.5, 0.6) is 0 Å². The van der Waals surface area contributed by atoms with E-state index in [1.165, 1.54) is 5.56 Å². The molecule has 0 bridgehead atoms. The van der Waals surface area contributed by atoms with Crippen molar-refractivity contribution in [1.82, 2.24) is 0 Å². The Kier molecular flexibility index (Phi) is 11.3. The van der Waals surface area contributed by atoms with Gasteiger partial charge < -0.3 is 0 Å². The van der Waals surface area contributed by atoms with Crippen LogP contribution in [-0.4, -0.2) is 0 Å². The van der Waals surface area contributed by atoms with Gasteiger partial charge in [-0.2, -0.15) is 25.3 Å². The topological polar surface area (TPSA) is 0 Å². The second-order valence-corrected chi connectivity index (χ2v) is 2.58. The fourth-order valence-electron chi connectivity index (χ4n) is 1.17. The second kappa shape index (κ2) is 9.16. The molecule has 1 aromatic carbocycles. The van der Waals surface area contributed by atoms with Gasteiger partial charge in [0.1, 0.15) is 0 Å². The van der Waals surface area contributed by atoms with Gasteiger partial charge in [0.25, 0.3) is 0 Å². The molecule has 0 saturated carbocycles. The van der Waals surface area contributed by atoms with E-state index in [4.69, 9.17) is 0 Å². The minimum atomic E-state index is 0. The molecular weight excluding hydrogens is 322 g/mol. The molecule has 0 amide bonds. The molecule has 0 aliphatic carbocycles. The fraction of sp³-hybridized carbons (Fsp3) is 0.167. The van der Waals surface area contributed by atoms with Crippen LogP contribution in [0.15, 0.2) is 31.4 Å². The maximum absolute atomic E-state index is 3.63. The number of rotatable bonds is 3. The molecule has 14 heavy (non-hydrogen) atoms. The molecule has 2 radical (unpaired) electrons. The zero-order valence-electron chi connectivity index (χ0n) is 8.51. The molecule has 0 heterocycles. The van der Waals surface area contributed by atoms with E-state index in [0.717, 1.165) is 17.5 Å². The van der Waals surface area contributed by atoms with Crippen LogP contribution < -0.4 is 0 Å². The summed E-state index contributed by atoms with van der Waals surface area (Å²) in [6.07, 6.45) is 6.75. The predicted octanol–water partition coefficient (Wildman–Crippen LogP) is 2.92. The van der Waals surface area contributed by atoms with Gasteiger partial charge in [-0.05, 0) is 0 Å². The molecule has 0 unspecified atom stereocenters. The molecule has 2 heteroatoms. The summed E-state index contributed by atoms with van der Waals surface area (Å²) in [5, 5.41) is 0. The molecule has 0 N–H and O–H groups in total. The first-order valence-electron chi connectivity index (χ1n) is 4.01. The Balaban J connectivity index is 0. The average Bonchev–Trinajstić information content (AvgIpc) is 2.16. The molecule has 0 atom stereocenters. The standard InChI is InChI=1S/C12H12.2Y/c1-4-10-7-8-11(5-2)12(6-3)9-10;;/h7-9H,1-2,6H2,3H3;;/q-2;;. The van der Waals surface area contributed by atoms with Gasteiger partial charge in [-0.1, -0.05) is 13.3 Å². The summed E-state index contributed by atoms with van der Waals surface area (Å²) in [4.78, 5) is 0. The van der Waals surface area contributed by atoms with Crippen LogP contribution in [0.2, 0.25) is 0 Å². The molecule has 0 spiro atoms. The van der Waals surface area contributed by atoms with Gasteiger partial charge >= 0.3 is 0 Å². The van der Waals surface area contributed by atoms with Gasteiger partial charge in [0, 0.05) is 65.4 Å². The first-order chi connectivity index (χ1) is 5.81. The van der Waals surface area contributed by atoms with Crippen LogP contribution in [0.3, 0.4) is 0 Å². The van der Waals surface area contributed by atoms with Crippen molar-refractivity contribution in [3.05, 3.63) is 60.2 Å². The summed E-state index contributed by atoms with van der Waals surface area (Å²) in [5.74, 6) is 0. The Morgan fingerprint density at radius 3 is 2.21 bits per heavy atom. The van der Waals surface area contributed by atoms with Crippen molar-refractivity contribution in [2.45, 2.75) is 13.3 Å². The number of hydrogen-bond acceptors (Lipinski definition) is 0. The Morgan fingerprint density at radius 2 is 1.79 bits per heavy atom. The zero-order chi connectivity index (χ0) is 8.97. The van der Waals surface area contributed by atoms with Gasteiger partial charge in [-0.3, -0.25) is 0 Å². The van der Waals surface area contributed by atoms with E-state index in [-0.39, 0.29) is 65.4 Å². The summed E-state index contributed by atoms with van der Waals surface area (Å²) in [5.41, 5.74) is 3.36. The Morgan fingerprint density at radius 1 is 1.14 bits per heavy atom. The van der Waals surface area contributed by atoms with E-state index < -0.39 is 0 Å². The first kappa shape index (κ1) is 17.3. The van der Waals surface area contributed by atoms with Crippen LogP contribution in [0.4, 0.5) is 0 Å². The molecule has 0 aromatic heterocycles. The van der Waals surface area contributed by atoms with Crippen LogP contribution in [0.25, 0.3) is 0 Å². The average molecular weight is 334 g/mol. The van der Waals surface area contributed by atoms with Gasteiger partial charge in [0.2, 0.25) is 0 Å². The number of benzene rings is 1. The van der Waals surface area contributed by atoms with Gasteiger partial charge in [0.05, 0.1) is 0 Å². The number of aryl methyl sites for hydroxylation is 1. The van der Waals surface area contributed by atoms with E-state index in [9.17, 15) is 0 Å². The molecule has 0 aliphatic rings. The normalized spacial score (nSPS) is 8.07. The van der Waals surface area contributed by atoms with E-state index >= 15 is 0 Å². The smallest absolute Gasteiger partial charge is 0 e. The summed E-state index contributed by atoms with van der Waals surface area (Å²) >= 11 is 0. The van der Waals surface area contributed by atoms with Crippen molar-refractivity contribution >= 4 is 0 Å². The molecule has 1 rings (SSSR count). The maximum atomic E-state index is 3.63. The molecule has 68 valence electrons. The van der Waals surface area contributed by atoms with Crippen molar-refractivity contribution in [3.8, 4) is 0 Å². The van der Waals surface area contributed by atoms with E-state index in [2.05, 4.69) is 38.3 Å². The summed E-state index contributed by atoms with van der Waals surface area (Å²) in [6, 6.07) is 6.04.